The molecule has 0 aromatic heterocycles. The van der Waals surface area contributed by atoms with E-state index in [0.29, 0.717) is 0 Å². The molecule has 0 amide bonds. The number of benzene rings is 1. The molecule has 0 fully saturated rings. The lowest BCUT2D eigenvalue weighted by molar-refractivity contribution is -0.385. The van der Waals surface area contributed by atoms with Crippen molar-refractivity contribution in [1.82, 2.24) is 0 Å². The number of rotatable bonds is 2. The zero-order valence-electron chi connectivity index (χ0n) is 10.3. The fraction of sp³-hybridized carbons (Fsp3) is 0.333. The van der Waals surface area contributed by atoms with Gasteiger partial charge in [-0.25, -0.2) is 4.79 Å². The van der Waals surface area contributed by atoms with E-state index in [-0.39, 0.29) is 11.1 Å². The maximum atomic E-state index is 11.9. The molecule has 0 bridgehead atoms. The highest BCUT2D eigenvalue weighted by Gasteiger charge is 2.28. The van der Waals surface area contributed by atoms with Gasteiger partial charge in [0.15, 0.2) is 5.56 Å². The van der Waals surface area contributed by atoms with Crippen molar-refractivity contribution in [2.45, 2.75) is 26.4 Å². The Bertz CT molecular complexity index is 538. The molecular formula is C12H12N2O4. The average Bonchev–Trinajstić information content (AvgIpc) is 2.25. The van der Waals surface area contributed by atoms with Crippen LogP contribution in [0.1, 0.15) is 36.7 Å². The van der Waals surface area contributed by atoms with Gasteiger partial charge in [-0.1, -0.05) is 6.07 Å². The Labute approximate surface area is 104 Å². The Kier molecular flexibility index (Phi) is 3.67. The number of hydrogen-bond donors (Lipinski definition) is 0. The summed E-state index contributed by atoms with van der Waals surface area (Å²) < 4.78 is 5.06. The van der Waals surface area contributed by atoms with Crippen LogP contribution in [0.5, 0.6) is 0 Å². The quantitative estimate of drug-likeness (QED) is 0.455. The van der Waals surface area contributed by atoms with Gasteiger partial charge in [-0.2, -0.15) is 5.26 Å². The SMILES string of the molecule is CC(C)(C)OC(=O)c1c(C#N)cccc1[N+](=O)[O-]. The summed E-state index contributed by atoms with van der Waals surface area (Å²) in [6.45, 7) is 4.93. The molecule has 0 atom stereocenters. The third-order valence-electron chi connectivity index (χ3n) is 1.96. The summed E-state index contributed by atoms with van der Waals surface area (Å²) in [6, 6.07) is 5.61. The van der Waals surface area contributed by atoms with Crippen LogP contribution in [0.15, 0.2) is 18.2 Å². The van der Waals surface area contributed by atoms with Crippen molar-refractivity contribution in [2.24, 2.45) is 0 Å². The third kappa shape index (κ3) is 3.04. The number of nitro benzene ring substituents is 1. The summed E-state index contributed by atoms with van der Waals surface area (Å²) >= 11 is 0. The topological polar surface area (TPSA) is 93.2 Å². The lowest BCUT2D eigenvalue weighted by Crippen LogP contribution is -2.25. The van der Waals surface area contributed by atoms with Gasteiger partial charge in [0.1, 0.15) is 11.7 Å². The second-order valence-electron chi connectivity index (χ2n) is 4.57. The van der Waals surface area contributed by atoms with E-state index in [0.717, 1.165) is 0 Å². The van der Waals surface area contributed by atoms with Crippen LogP contribution >= 0.6 is 0 Å². The van der Waals surface area contributed by atoms with Gasteiger partial charge in [-0.3, -0.25) is 10.1 Å². The van der Waals surface area contributed by atoms with Gasteiger partial charge in [-0.15, -0.1) is 0 Å². The molecule has 0 radical (unpaired) electrons. The Morgan fingerprint density at radius 3 is 2.50 bits per heavy atom. The van der Waals surface area contributed by atoms with Crippen LogP contribution in [0.3, 0.4) is 0 Å². The van der Waals surface area contributed by atoms with E-state index in [1.807, 2.05) is 0 Å². The monoisotopic (exact) mass is 248 g/mol. The summed E-state index contributed by atoms with van der Waals surface area (Å²) in [5.74, 6) is -0.869. The van der Waals surface area contributed by atoms with Gasteiger partial charge in [0.2, 0.25) is 0 Å². The maximum Gasteiger partial charge on any atom is 0.347 e. The van der Waals surface area contributed by atoms with Crippen LogP contribution in [-0.2, 0) is 4.74 Å². The normalized spacial score (nSPS) is 10.6. The molecule has 18 heavy (non-hydrogen) atoms. The first-order valence-electron chi connectivity index (χ1n) is 5.17. The molecule has 0 aliphatic heterocycles. The first-order chi connectivity index (χ1) is 8.26. The van der Waals surface area contributed by atoms with Crippen molar-refractivity contribution in [2.75, 3.05) is 0 Å². The van der Waals surface area contributed by atoms with Gasteiger partial charge in [-0.05, 0) is 26.8 Å². The molecule has 0 heterocycles. The minimum absolute atomic E-state index is 0.0709. The zero-order valence-corrected chi connectivity index (χ0v) is 10.3. The zero-order chi connectivity index (χ0) is 13.9. The molecule has 0 saturated heterocycles. The molecular weight excluding hydrogens is 236 g/mol. The molecule has 0 unspecified atom stereocenters. The van der Waals surface area contributed by atoms with Crippen LogP contribution in [0, 0.1) is 21.4 Å². The Hall–Kier alpha value is -2.42. The van der Waals surface area contributed by atoms with E-state index < -0.39 is 22.2 Å². The first-order valence-corrected chi connectivity index (χ1v) is 5.17. The van der Waals surface area contributed by atoms with E-state index in [2.05, 4.69) is 0 Å². The van der Waals surface area contributed by atoms with Crippen molar-refractivity contribution >= 4 is 11.7 Å². The predicted molar refractivity (Wildman–Crippen MR) is 63.0 cm³/mol. The van der Waals surface area contributed by atoms with Gasteiger partial charge >= 0.3 is 5.97 Å². The number of nitriles is 1. The van der Waals surface area contributed by atoms with Crippen LogP contribution in [0.25, 0.3) is 0 Å². The fourth-order valence-corrected chi connectivity index (χ4v) is 1.33. The number of esters is 1. The van der Waals surface area contributed by atoms with Crippen LogP contribution < -0.4 is 0 Å². The largest absolute Gasteiger partial charge is 0.456 e. The van der Waals surface area contributed by atoms with Crippen molar-refractivity contribution in [1.29, 1.82) is 5.26 Å². The second kappa shape index (κ2) is 4.84. The number of nitrogens with zero attached hydrogens (tertiary/aromatic N) is 2. The van der Waals surface area contributed by atoms with E-state index in [1.54, 1.807) is 26.8 Å². The smallest absolute Gasteiger partial charge is 0.347 e. The summed E-state index contributed by atoms with van der Waals surface area (Å²) in [5.41, 5.74) is -1.59. The molecule has 0 aliphatic rings. The second-order valence-corrected chi connectivity index (χ2v) is 4.57. The molecule has 0 N–H and O–H groups in total. The highest BCUT2D eigenvalue weighted by atomic mass is 16.6. The summed E-state index contributed by atoms with van der Waals surface area (Å²) in [4.78, 5) is 22.0. The first kappa shape index (κ1) is 13.6. The van der Waals surface area contributed by atoms with Crippen molar-refractivity contribution in [3.8, 4) is 6.07 Å². The number of ether oxygens (including phenoxy) is 1. The van der Waals surface area contributed by atoms with Crippen LogP contribution in [0.2, 0.25) is 0 Å². The summed E-state index contributed by atoms with van der Waals surface area (Å²) in [6.07, 6.45) is 0. The molecule has 6 nitrogen and oxygen atoms in total. The molecule has 1 rings (SSSR count). The standard InChI is InChI=1S/C12H12N2O4/c1-12(2,3)18-11(15)10-8(7-13)5-4-6-9(10)14(16)17/h4-6H,1-3H3. The minimum atomic E-state index is -0.869. The Morgan fingerprint density at radius 2 is 2.06 bits per heavy atom. The minimum Gasteiger partial charge on any atom is -0.456 e. The van der Waals surface area contributed by atoms with Crippen LogP contribution in [0.4, 0.5) is 5.69 Å². The van der Waals surface area contributed by atoms with Crippen molar-refractivity contribution in [3.63, 3.8) is 0 Å². The molecule has 1 aromatic rings. The Balaban J connectivity index is 3.34. The lowest BCUT2D eigenvalue weighted by atomic mass is 10.1. The predicted octanol–water partition coefficient (Wildman–Crippen LogP) is 2.42. The molecule has 0 aliphatic carbocycles. The van der Waals surface area contributed by atoms with E-state index >= 15 is 0 Å². The third-order valence-corrected chi connectivity index (χ3v) is 1.96. The molecule has 94 valence electrons. The van der Waals surface area contributed by atoms with Gasteiger partial charge in [0, 0.05) is 6.07 Å². The van der Waals surface area contributed by atoms with E-state index in [9.17, 15) is 14.9 Å². The van der Waals surface area contributed by atoms with Gasteiger partial charge in [0.25, 0.3) is 5.69 Å². The van der Waals surface area contributed by atoms with Gasteiger partial charge < -0.3 is 4.74 Å². The average molecular weight is 248 g/mol. The van der Waals surface area contributed by atoms with E-state index in [1.165, 1.54) is 18.2 Å². The van der Waals surface area contributed by atoms with E-state index in [4.69, 9.17) is 10.00 Å². The Morgan fingerprint density at radius 1 is 1.44 bits per heavy atom. The highest BCUT2D eigenvalue weighted by molar-refractivity contribution is 5.96. The molecule has 0 saturated carbocycles. The summed E-state index contributed by atoms with van der Waals surface area (Å²) in [7, 11) is 0. The highest BCUT2D eigenvalue weighted by Crippen LogP contribution is 2.24. The van der Waals surface area contributed by atoms with Crippen molar-refractivity contribution in [3.05, 3.63) is 39.4 Å². The molecule has 0 spiro atoms. The van der Waals surface area contributed by atoms with Crippen molar-refractivity contribution < 1.29 is 14.5 Å². The van der Waals surface area contributed by atoms with Crippen LogP contribution in [-0.4, -0.2) is 16.5 Å². The number of carbonyl (C=O) groups excluding carboxylic acids is 1. The molecule has 1 aromatic carbocycles. The van der Waals surface area contributed by atoms with Gasteiger partial charge in [0.05, 0.1) is 10.5 Å². The lowest BCUT2D eigenvalue weighted by Gasteiger charge is -2.19. The summed E-state index contributed by atoms with van der Waals surface area (Å²) in [5, 5.41) is 19.7. The maximum absolute atomic E-state index is 11.9. The molecule has 6 heteroatoms. The number of hydrogen-bond acceptors (Lipinski definition) is 5. The number of nitro groups is 1. The fourth-order valence-electron chi connectivity index (χ4n) is 1.33. The number of carbonyl (C=O) groups is 1.